The Morgan fingerprint density at radius 3 is 2.44 bits per heavy atom. The number of nitrogens with zero attached hydrogens (tertiary/aromatic N) is 1. The zero-order valence-corrected chi connectivity index (χ0v) is 24.1. The molecule has 13 nitrogen and oxygen atoms in total. The highest BCUT2D eigenvalue weighted by molar-refractivity contribution is 5.86. The quantitative estimate of drug-likeness (QED) is 0.170. The van der Waals surface area contributed by atoms with Crippen LogP contribution in [0.15, 0.2) is 18.2 Å². The number of ether oxygens (including phenoxy) is 2. The smallest absolute Gasteiger partial charge is 0.315 e. The predicted octanol–water partition coefficient (Wildman–Crippen LogP) is -0.0374. The Morgan fingerprint density at radius 1 is 1.15 bits per heavy atom. The molecule has 1 aromatic carbocycles. The second kappa shape index (κ2) is 14.1. The molecule has 1 saturated heterocycles. The number of urea groups is 1. The molecule has 41 heavy (non-hydrogen) atoms. The minimum absolute atomic E-state index is 0.0753. The maximum atomic E-state index is 12.2. The average Bonchev–Trinajstić information content (AvgIpc) is 3.30. The second-order valence-corrected chi connectivity index (χ2v) is 11.1. The average molecular weight is 578 g/mol. The summed E-state index contributed by atoms with van der Waals surface area (Å²) in [7, 11) is 0. The second-order valence-electron chi connectivity index (χ2n) is 11.1. The monoisotopic (exact) mass is 577 g/mol. The highest BCUT2D eigenvalue weighted by Gasteiger charge is 2.45. The maximum absolute atomic E-state index is 12.2. The minimum Gasteiger partial charge on any atom is -0.443 e. The third-order valence-corrected chi connectivity index (χ3v) is 7.25. The van der Waals surface area contributed by atoms with Gasteiger partial charge in [-0.1, -0.05) is 45.9 Å². The van der Waals surface area contributed by atoms with Crippen molar-refractivity contribution in [1.29, 1.82) is 0 Å². The van der Waals surface area contributed by atoms with E-state index in [0.717, 1.165) is 27.9 Å². The molecule has 0 aliphatic carbocycles. The van der Waals surface area contributed by atoms with Crippen molar-refractivity contribution in [2.45, 2.75) is 90.1 Å². The van der Waals surface area contributed by atoms with E-state index in [1.165, 1.54) is 0 Å². The number of aromatic amines is 1. The van der Waals surface area contributed by atoms with Crippen molar-refractivity contribution in [2.24, 2.45) is 11.7 Å². The van der Waals surface area contributed by atoms with Crippen molar-refractivity contribution >= 4 is 11.9 Å². The van der Waals surface area contributed by atoms with E-state index in [9.17, 15) is 30.0 Å². The van der Waals surface area contributed by atoms with Crippen LogP contribution in [0.4, 0.5) is 4.79 Å². The lowest BCUT2D eigenvalue weighted by atomic mass is 9.95. The van der Waals surface area contributed by atoms with Gasteiger partial charge in [0.25, 0.3) is 0 Å². The summed E-state index contributed by atoms with van der Waals surface area (Å²) in [4.78, 5) is 23.7. The van der Waals surface area contributed by atoms with Gasteiger partial charge in [0, 0.05) is 24.2 Å². The molecular formula is C28H43N5O8. The van der Waals surface area contributed by atoms with Gasteiger partial charge in [-0.2, -0.15) is 0 Å². The molecule has 1 aliphatic rings. The van der Waals surface area contributed by atoms with Gasteiger partial charge in [-0.15, -0.1) is 5.10 Å². The highest BCUT2D eigenvalue weighted by atomic mass is 16.7. The van der Waals surface area contributed by atoms with E-state index in [0.29, 0.717) is 19.4 Å². The molecule has 0 radical (unpaired) electrons. The largest absolute Gasteiger partial charge is 0.443 e. The van der Waals surface area contributed by atoms with Crippen LogP contribution in [0.5, 0.6) is 5.88 Å². The molecular weight excluding hydrogens is 534 g/mol. The SMILES string of the molecule is Cc1cc(CCNC(=O)N[C@H](C(N)=O)C(C)C)ccc1Cc1c(O[C@@H]2O[C@H](CO)[C@H](O)[C@H](O)[C@H]2O)n[nH]c1C(C)C. The van der Waals surface area contributed by atoms with Gasteiger partial charge in [0.1, 0.15) is 30.5 Å². The molecule has 6 atom stereocenters. The first-order chi connectivity index (χ1) is 19.3. The Labute approximate surface area is 239 Å². The Morgan fingerprint density at radius 2 is 1.85 bits per heavy atom. The Kier molecular flexibility index (Phi) is 11.1. The Bertz CT molecular complexity index is 1180. The molecule has 0 spiro atoms. The number of hydrogen-bond donors (Lipinski definition) is 8. The molecule has 13 heteroatoms. The number of primary amides is 1. The standard InChI is InChI=1S/C28H43N5O8/c1-13(2)20-18(26(33-32-20)41-27-24(37)23(36)22(35)19(12-34)40-27)11-17-7-6-16(10-15(17)5)8-9-30-28(39)31-21(14(3)4)25(29)38/h6-7,10,13-14,19,21-24,27,34-37H,8-9,11-12H2,1-5H3,(H2,29,38)(H,32,33)(H2,30,31,39)/t19-,21+,22+,23+,24-,27+/m1/s1. The normalized spacial score (nSPS) is 23.4. The lowest BCUT2D eigenvalue weighted by Crippen LogP contribution is -2.60. The summed E-state index contributed by atoms with van der Waals surface area (Å²) in [6, 6.07) is 4.79. The predicted molar refractivity (Wildman–Crippen MR) is 149 cm³/mol. The molecule has 1 aliphatic heterocycles. The maximum Gasteiger partial charge on any atom is 0.315 e. The van der Waals surface area contributed by atoms with E-state index in [1.54, 1.807) is 13.8 Å². The van der Waals surface area contributed by atoms with Crippen molar-refractivity contribution < 1.29 is 39.5 Å². The van der Waals surface area contributed by atoms with Crippen LogP contribution >= 0.6 is 0 Å². The molecule has 3 amide bonds. The van der Waals surface area contributed by atoms with Gasteiger partial charge >= 0.3 is 6.03 Å². The van der Waals surface area contributed by atoms with Crippen LogP contribution in [-0.4, -0.2) is 92.5 Å². The molecule has 0 saturated carbocycles. The zero-order chi connectivity index (χ0) is 30.4. The van der Waals surface area contributed by atoms with Gasteiger partial charge in [-0.25, -0.2) is 4.79 Å². The summed E-state index contributed by atoms with van der Waals surface area (Å²) >= 11 is 0. The molecule has 228 valence electrons. The van der Waals surface area contributed by atoms with Gasteiger partial charge in [-0.3, -0.25) is 9.89 Å². The van der Waals surface area contributed by atoms with E-state index in [2.05, 4.69) is 20.8 Å². The Balaban J connectivity index is 1.69. The summed E-state index contributed by atoms with van der Waals surface area (Å²) in [6.07, 6.45) is -6.02. The van der Waals surface area contributed by atoms with Gasteiger partial charge in [-0.05, 0) is 41.9 Å². The zero-order valence-electron chi connectivity index (χ0n) is 24.1. The number of aryl methyl sites for hydroxylation is 1. The molecule has 0 bridgehead atoms. The van der Waals surface area contributed by atoms with E-state index in [4.69, 9.17) is 15.2 Å². The summed E-state index contributed by atoms with van der Waals surface area (Å²) < 4.78 is 11.4. The van der Waals surface area contributed by atoms with Crippen LogP contribution in [0.25, 0.3) is 0 Å². The minimum atomic E-state index is -1.56. The summed E-state index contributed by atoms with van der Waals surface area (Å²) in [5.41, 5.74) is 9.96. The fourth-order valence-electron chi connectivity index (χ4n) is 4.76. The molecule has 1 fully saturated rings. The molecule has 0 unspecified atom stereocenters. The van der Waals surface area contributed by atoms with Crippen molar-refractivity contribution in [1.82, 2.24) is 20.8 Å². The van der Waals surface area contributed by atoms with Crippen molar-refractivity contribution in [3.8, 4) is 5.88 Å². The first-order valence-corrected chi connectivity index (χ1v) is 13.8. The number of carbonyl (C=O) groups excluding carboxylic acids is 2. The van der Waals surface area contributed by atoms with Crippen LogP contribution in [0.1, 0.15) is 61.6 Å². The van der Waals surface area contributed by atoms with E-state index < -0.39 is 55.3 Å². The van der Waals surface area contributed by atoms with Crippen LogP contribution in [0, 0.1) is 12.8 Å². The van der Waals surface area contributed by atoms with Gasteiger partial charge < -0.3 is 46.3 Å². The molecule has 1 aromatic heterocycles. The van der Waals surface area contributed by atoms with Crippen LogP contribution in [0.3, 0.4) is 0 Å². The lowest BCUT2D eigenvalue weighted by molar-refractivity contribution is -0.278. The van der Waals surface area contributed by atoms with Gasteiger partial charge in [0.15, 0.2) is 0 Å². The molecule has 2 heterocycles. The lowest BCUT2D eigenvalue weighted by Gasteiger charge is -2.39. The first kappa shape index (κ1) is 32.3. The highest BCUT2D eigenvalue weighted by Crippen LogP contribution is 2.32. The third kappa shape index (κ3) is 7.95. The number of amides is 3. The number of nitrogens with two attached hydrogens (primary N) is 1. The fourth-order valence-corrected chi connectivity index (χ4v) is 4.76. The number of aromatic nitrogens is 2. The summed E-state index contributed by atoms with van der Waals surface area (Å²) in [5.74, 6) is -0.442. The van der Waals surface area contributed by atoms with Crippen LogP contribution in [0.2, 0.25) is 0 Å². The molecule has 2 aromatic rings. The molecule has 3 rings (SSSR count). The topological polar surface area (TPSA) is 212 Å². The third-order valence-electron chi connectivity index (χ3n) is 7.25. The summed E-state index contributed by atoms with van der Waals surface area (Å²) in [5, 5.41) is 52.7. The fraction of sp³-hybridized carbons (Fsp3) is 0.607. The van der Waals surface area contributed by atoms with Crippen LogP contribution in [-0.2, 0) is 22.4 Å². The van der Waals surface area contributed by atoms with Crippen molar-refractivity contribution in [2.75, 3.05) is 13.2 Å². The number of hydrogen-bond acceptors (Lipinski definition) is 9. The molecule has 9 N–H and O–H groups in total. The first-order valence-electron chi connectivity index (χ1n) is 13.8. The van der Waals surface area contributed by atoms with Crippen molar-refractivity contribution in [3.63, 3.8) is 0 Å². The number of rotatable bonds is 12. The number of aliphatic hydroxyl groups is 4. The number of nitrogens with one attached hydrogen (secondary N) is 3. The number of carbonyl (C=O) groups is 2. The van der Waals surface area contributed by atoms with E-state index >= 15 is 0 Å². The number of benzene rings is 1. The van der Waals surface area contributed by atoms with Gasteiger partial charge in [0.05, 0.1) is 6.61 Å². The summed E-state index contributed by atoms with van der Waals surface area (Å²) in [6.45, 7) is 9.39. The van der Waals surface area contributed by atoms with E-state index in [-0.39, 0.29) is 17.7 Å². The number of aliphatic hydroxyl groups excluding tert-OH is 4. The van der Waals surface area contributed by atoms with Crippen LogP contribution < -0.4 is 21.1 Å². The number of H-pyrrole nitrogens is 1. The van der Waals surface area contributed by atoms with Gasteiger partial charge in [0.2, 0.25) is 18.1 Å². The van der Waals surface area contributed by atoms with Crippen molar-refractivity contribution in [3.05, 3.63) is 46.1 Å². The Hall–Kier alpha value is -3.23. The van der Waals surface area contributed by atoms with E-state index in [1.807, 2.05) is 39.0 Å².